The van der Waals surface area contributed by atoms with Gasteiger partial charge in [-0.25, -0.2) is 4.79 Å². The number of benzene rings is 2. The van der Waals surface area contributed by atoms with E-state index in [1.807, 2.05) is 35.2 Å². The zero-order valence-electron chi connectivity index (χ0n) is 20.5. The number of carbonyl (C=O) groups excluding carboxylic acids is 2. The fourth-order valence-corrected chi connectivity index (χ4v) is 4.52. The first-order chi connectivity index (χ1) is 16.9. The fraction of sp³-hybridized carbons (Fsp3) is 0.321. The Hall–Kier alpha value is -3.63. The van der Waals surface area contributed by atoms with Crippen molar-refractivity contribution in [3.05, 3.63) is 87.6 Å². The van der Waals surface area contributed by atoms with Crippen LogP contribution < -0.4 is 5.32 Å². The van der Waals surface area contributed by atoms with E-state index < -0.39 is 0 Å². The van der Waals surface area contributed by atoms with Crippen LogP contribution in [0.4, 0.5) is 10.5 Å². The number of nitrogens with zero attached hydrogens (tertiary/aromatic N) is 3. The molecule has 1 heterocycles. The maximum atomic E-state index is 13.6. The standard InChI is InChI=1S/C28H32N4O2S/c1-4-21(2)17-32(28(34)30-25-13-11-23(16-29)12-14-25)20-27(33)31(18-24-8-6-5-7-9-24)19-26-15-10-22(3)35-26/h5-15,21H,4,17-20H2,1-3H3,(H,30,34). The molecule has 2 aromatic carbocycles. The second kappa shape index (κ2) is 12.7. The Morgan fingerprint density at radius 2 is 1.71 bits per heavy atom. The highest BCUT2D eigenvalue weighted by molar-refractivity contribution is 7.11. The van der Waals surface area contributed by atoms with E-state index in [-0.39, 0.29) is 24.4 Å². The van der Waals surface area contributed by atoms with Gasteiger partial charge in [0.2, 0.25) is 5.91 Å². The zero-order valence-corrected chi connectivity index (χ0v) is 21.3. The van der Waals surface area contributed by atoms with Crippen LogP contribution >= 0.6 is 11.3 Å². The monoisotopic (exact) mass is 488 g/mol. The molecule has 0 aliphatic carbocycles. The molecule has 1 N–H and O–H groups in total. The highest BCUT2D eigenvalue weighted by atomic mass is 32.1. The van der Waals surface area contributed by atoms with Gasteiger partial charge in [-0.15, -0.1) is 11.3 Å². The van der Waals surface area contributed by atoms with E-state index in [9.17, 15) is 9.59 Å². The highest BCUT2D eigenvalue weighted by Crippen LogP contribution is 2.19. The minimum Gasteiger partial charge on any atom is -0.332 e. The Morgan fingerprint density at radius 1 is 1.00 bits per heavy atom. The van der Waals surface area contributed by atoms with E-state index in [1.165, 1.54) is 4.88 Å². The molecule has 0 fully saturated rings. The van der Waals surface area contributed by atoms with Crippen molar-refractivity contribution in [1.82, 2.24) is 9.80 Å². The number of hydrogen-bond donors (Lipinski definition) is 1. The Labute approximate surface area is 211 Å². The van der Waals surface area contributed by atoms with Crippen LogP contribution in [0.15, 0.2) is 66.7 Å². The molecule has 0 saturated heterocycles. The van der Waals surface area contributed by atoms with Crippen molar-refractivity contribution in [2.75, 3.05) is 18.4 Å². The highest BCUT2D eigenvalue weighted by Gasteiger charge is 2.23. The molecule has 0 aliphatic heterocycles. The minimum absolute atomic E-state index is 0.0103. The lowest BCUT2D eigenvalue weighted by Gasteiger charge is -2.29. The molecule has 0 aliphatic rings. The Kier molecular flexibility index (Phi) is 9.45. The second-order valence-corrected chi connectivity index (χ2v) is 10.1. The predicted molar refractivity (Wildman–Crippen MR) is 141 cm³/mol. The van der Waals surface area contributed by atoms with E-state index in [4.69, 9.17) is 5.26 Å². The van der Waals surface area contributed by atoms with Gasteiger partial charge < -0.3 is 15.1 Å². The number of urea groups is 1. The maximum Gasteiger partial charge on any atom is 0.322 e. The van der Waals surface area contributed by atoms with Crippen molar-refractivity contribution in [2.45, 2.75) is 40.3 Å². The average molecular weight is 489 g/mol. The third-order valence-electron chi connectivity index (χ3n) is 5.82. The van der Waals surface area contributed by atoms with Gasteiger partial charge in [-0.05, 0) is 54.8 Å². The van der Waals surface area contributed by atoms with Crippen LogP contribution in [-0.4, -0.2) is 34.8 Å². The number of aryl methyl sites for hydroxylation is 1. The summed E-state index contributed by atoms with van der Waals surface area (Å²) in [6.07, 6.45) is 0.900. The van der Waals surface area contributed by atoms with E-state index in [0.717, 1.165) is 16.9 Å². The maximum absolute atomic E-state index is 13.6. The van der Waals surface area contributed by atoms with Gasteiger partial charge in [-0.3, -0.25) is 4.79 Å². The molecule has 0 bridgehead atoms. The van der Waals surface area contributed by atoms with Gasteiger partial charge in [-0.2, -0.15) is 5.26 Å². The van der Waals surface area contributed by atoms with Crippen molar-refractivity contribution in [2.24, 2.45) is 5.92 Å². The number of amides is 3. The summed E-state index contributed by atoms with van der Waals surface area (Å²) in [5.74, 6) is 0.148. The molecule has 1 atom stereocenters. The lowest BCUT2D eigenvalue weighted by molar-refractivity contribution is -0.133. The number of nitrogens with one attached hydrogen (secondary N) is 1. The van der Waals surface area contributed by atoms with Crippen LogP contribution in [0.1, 0.15) is 41.1 Å². The Balaban J connectivity index is 1.77. The van der Waals surface area contributed by atoms with Gasteiger partial charge in [0.15, 0.2) is 0 Å². The van der Waals surface area contributed by atoms with Crippen molar-refractivity contribution in [3.8, 4) is 6.07 Å². The summed E-state index contributed by atoms with van der Waals surface area (Å²) >= 11 is 1.68. The quantitative estimate of drug-likeness (QED) is 0.378. The fourth-order valence-electron chi connectivity index (χ4n) is 3.61. The van der Waals surface area contributed by atoms with Crippen LogP contribution in [0.5, 0.6) is 0 Å². The average Bonchev–Trinajstić information content (AvgIpc) is 3.28. The molecule has 7 heteroatoms. The molecular formula is C28H32N4O2S. The number of rotatable bonds is 10. The normalized spacial score (nSPS) is 11.4. The van der Waals surface area contributed by atoms with Crippen molar-refractivity contribution < 1.29 is 9.59 Å². The van der Waals surface area contributed by atoms with Gasteiger partial charge in [0.25, 0.3) is 0 Å². The van der Waals surface area contributed by atoms with Crippen LogP contribution in [0.3, 0.4) is 0 Å². The molecule has 0 saturated carbocycles. The van der Waals surface area contributed by atoms with Gasteiger partial charge in [0.05, 0.1) is 18.2 Å². The van der Waals surface area contributed by atoms with Gasteiger partial charge in [0.1, 0.15) is 6.54 Å². The first-order valence-corrected chi connectivity index (χ1v) is 12.6. The smallest absolute Gasteiger partial charge is 0.322 e. The molecule has 35 heavy (non-hydrogen) atoms. The number of nitriles is 1. The molecular weight excluding hydrogens is 456 g/mol. The summed E-state index contributed by atoms with van der Waals surface area (Å²) in [7, 11) is 0. The summed E-state index contributed by atoms with van der Waals surface area (Å²) in [5, 5.41) is 11.9. The summed E-state index contributed by atoms with van der Waals surface area (Å²) < 4.78 is 0. The molecule has 3 amide bonds. The summed E-state index contributed by atoms with van der Waals surface area (Å²) in [5.41, 5.74) is 2.16. The number of carbonyl (C=O) groups is 2. The van der Waals surface area contributed by atoms with E-state index >= 15 is 0 Å². The van der Waals surface area contributed by atoms with Crippen molar-refractivity contribution in [1.29, 1.82) is 5.26 Å². The van der Waals surface area contributed by atoms with Gasteiger partial charge in [-0.1, -0.05) is 50.6 Å². The van der Waals surface area contributed by atoms with E-state index in [1.54, 1.807) is 40.5 Å². The van der Waals surface area contributed by atoms with Crippen LogP contribution in [0.2, 0.25) is 0 Å². The summed E-state index contributed by atoms with van der Waals surface area (Å²) in [6.45, 7) is 7.64. The van der Waals surface area contributed by atoms with Gasteiger partial charge in [0, 0.05) is 28.5 Å². The second-order valence-electron chi connectivity index (χ2n) is 8.76. The van der Waals surface area contributed by atoms with Crippen LogP contribution in [-0.2, 0) is 17.9 Å². The summed E-state index contributed by atoms with van der Waals surface area (Å²) in [6, 6.07) is 22.5. The van der Waals surface area contributed by atoms with Crippen molar-refractivity contribution >= 4 is 29.0 Å². The number of hydrogen-bond acceptors (Lipinski definition) is 4. The molecule has 1 unspecified atom stereocenters. The topological polar surface area (TPSA) is 76.4 Å². The molecule has 1 aromatic heterocycles. The molecule has 182 valence electrons. The largest absolute Gasteiger partial charge is 0.332 e. The van der Waals surface area contributed by atoms with E-state index in [0.29, 0.717) is 30.9 Å². The molecule has 3 rings (SSSR count). The van der Waals surface area contributed by atoms with E-state index in [2.05, 4.69) is 44.3 Å². The molecule has 0 spiro atoms. The number of thiophene rings is 1. The van der Waals surface area contributed by atoms with Crippen LogP contribution in [0.25, 0.3) is 0 Å². The lowest BCUT2D eigenvalue weighted by atomic mass is 10.1. The van der Waals surface area contributed by atoms with Crippen LogP contribution in [0, 0.1) is 24.2 Å². The third-order valence-corrected chi connectivity index (χ3v) is 6.80. The Morgan fingerprint density at radius 3 is 2.31 bits per heavy atom. The molecule has 0 radical (unpaired) electrons. The van der Waals surface area contributed by atoms with Crippen molar-refractivity contribution in [3.63, 3.8) is 0 Å². The predicted octanol–water partition coefficient (Wildman–Crippen LogP) is 6.04. The Bertz CT molecular complexity index is 1150. The van der Waals surface area contributed by atoms with Gasteiger partial charge >= 0.3 is 6.03 Å². The first-order valence-electron chi connectivity index (χ1n) is 11.8. The molecule has 3 aromatic rings. The lowest BCUT2D eigenvalue weighted by Crippen LogP contribution is -2.45. The summed E-state index contributed by atoms with van der Waals surface area (Å²) in [4.78, 5) is 32.5. The first kappa shape index (κ1) is 26.0. The number of anilines is 1. The molecule has 6 nitrogen and oxygen atoms in total. The minimum atomic E-state index is -0.324. The SMILES string of the molecule is CCC(C)CN(CC(=O)N(Cc1ccccc1)Cc1ccc(C)s1)C(=O)Nc1ccc(C#N)cc1. The third kappa shape index (κ3) is 7.97. The zero-order chi connectivity index (χ0) is 25.2.